The summed E-state index contributed by atoms with van der Waals surface area (Å²) in [7, 11) is 0. The molecule has 0 aliphatic carbocycles. The van der Waals surface area contributed by atoms with Crippen LogP contribution in [0.4, 0.5) is 0 Å². The van der Waals surface area contributed by atoms with Crippen molar-refractivity contribution in [3.8, 4) is 27.9 Å². The predicted molar refractivity (Wildman–Crippen MR) is 256 cm³/mol. The number of hydrogen-bond donors (Lipinski definition) is 1. The SMILES string of the molecule is c1ccc(C2=NC(c3ccc(-c4ccccc4)cc3-n3c4ccccc4c4cccc(-c5ccccc5)c43)N=C(c3ccc4c5ccccc5c5ccccc5c4c3)N2)cc1. The molecule has 12 rings (SSSR count). The van der Waals surface area contributed by atoms with Crippen LogP contribution in [0.25, 0.3) is 82.1 Å². The molecule has 0 radical (unpaired) electrons. The van der Waals surface area contributed by atoms with E-state index in [1.807, 2.05) is 6.07 Å². The molecule has 4 heteroatoms. The van der Waals surface area contributed by atoms with Crippen molar-refractivity contribution in [3.05, 3.63) is 235 Å². The number of fused-ring (bicyclic) bond motifs is 9. The van der Waals surface area contributed by atoms with Gasteiger partial charge in [0.25, 0.3) is 0 Å². The Kier molecular flexibility index (Phi) is 8.20. The Hall–Kier alpha value is -8.08. The molecule has 0 fully saturated rings. The van der Waals surface area contributed by atoms with Crippen molar-refractivity contribution in [2.75, 3.05) is 0 Å². The highest BCUT2D eigenvalue weighted by molar-refractivity contribution is 6.27. The summed E-state index contributed by atoms with van der Waals surface area (Å²) in [6.45, 7) is 0. The van der Waals surface area contributed by atoms with Gasteiger partial charge in [-0.1, -0.05) is 200 Å². The highest BCUT2D eigenvalue weighted by Gasteiger charge is 2.26. The third kappa shape index (κ3) is 5.83. The molecule has 0 spiro atoms. The average molecular weight is 779 g/mol. The van der Waals surface area contributed by atoms with E-state index in [1.54, 1.807) is 0 Å². The molecule has 61 heavy (non-hydrogen) atoms. The first-order valence-electron chi connectivity index (χ1n) is 20.9. The Morgan fingerprint density at radius 2 is 0.852 bits per heavy atom. The van der Waals surface area contributed by atoms with Crippen LogP contribution < -0.4 is 5.32 Å². The van der Waals surface area contributed by atoms with Crippen molar-refractivity contribution in [1.82, 2.24) is 9.88 Å². The number of rotatable bonds is 6. The molecule has 286 valence electrons. The Morgan fingerprint density at radius 1 is 0.344 bits per heavy atom. The molecule has 4 nitrogen and oxygen atoms in total. The topological polar surface area (TPSA) is 41.7 Å². The molecular weight excluding hydrogens is 741 g/mol. The third-order valence-electron chi connectivity index (χ3n) is 12.2. The van der Waals surface area contributed by atoms with Crippen molar-refractivity contribution in [2.24, 2.45) is 9.98 Å². The fourth-order valence-corrected chi connectivity index (χ4v) is 9.42. The molecule has 0 amide bonds. The van der Waals surface area contributed by atoms with Gasteiger partial charge in [-0.3, -0.25) is 0 Å². The fourth-order valence-electron chi connectivity index (χ4n) is 9.42. The minimum absolute atomic E-state index is 0.560. The van der Waals surface area contributed by atoms with Gasteiger partial charge in [0.1, 0.15) is 11.7 Å². The van der Waals surface area contributed by atoms with Crippen LogP contribution in [-0.2, 0) is 0 Å². The Bertz CT molecular complexity index is 3510. The van der Waals surface area contributed by atoms with Crippen molar-refractivity contribution < 1.29 is 0 Å². The zero-order valence-electron chi connectivity index (χ0n) is 33.2. The number of para-hydroxylation sites is 2. The van der Waals surface area contributed by atoms with Crippen LogP contribution in [0.15, 0.2) is 228 Å². The largest absolute Gasteiger partial charge is 0.324 e. The Morgan fingerprint density at radius 3 is 1.52 bits per heavy atom. The summed E-state index contributed by atoms with van der Waals surface area (Å²) in [5, 5.41) is 13.5. The maximum atomic E-state index is 5.57. The molecule has 0 bridgehead atoms. The summed E-state index contributed by atoms with van der Waals surface area (Å²) in [5.41, 5.74) is 11.0. The highest BCUT2D eigenvalue weighted by Crippen LogP contribution is 2.42. The lowest BCUT2D eigenvalue weighted by molar-refractivity contribution is 0.750. The summed E-state index contributed by atoms with van der Waals surface area (Å²) < 4.78 is 2.46. The van der Waals surface area contributed by atoms with Gasteiger partial charge in [-0.2, -0.15) is 0 Å². The van der Waals surface area contributed by atoms with Crippen LogP contribution in [0.2, 0.25) is 0 Å². The molecule has 1 aliphatic heterocycles. The van der Waals surface area contributed by atoms with E-state index in [0.29, 0.717) is 0 Å². The first-order chi connectivity index (χ1) is 30.3. The lowest BCUT2D eigenvalue weighted by Gasteiger charge is -2.25. The summed E-state index contributed by atoms with van der Waals surface area (Å²) in [6.07, 6.45) is -0.560. The van der Waals surface area contributed by atoms with Crippen LogP contribution in [0.5, 0.6) is 0 Å². The number of hydrogen-bond acceptors (Lipinski definition) is 3. The van der Waals surface area contributed by atoms with Gasteiger partial charge in [-0.15, -0.1) is 0 Å². The molecule has 0 saturated heterocycles. The van der Waals surface area contributed by atoms with E-state index in [1.165, 1.54) is 54.2 Å². The minimum Gasteiger partial charge on any atom is -0.324 e. The smallest absolute Gasteiger partial charge is 0.171 e. The van der Waals surface area contributed by atoms with Crippen LogP contribution in [0.1, 0.15) is 22.9 Å². The van der Waals surface area contributed by atoms with Gasteiger partial charge in [-0.05, 0) is 67.2 Å². The molecule has 1 atom stereocenters. The first kappa shape index (κ1) is 34.9. The summed E-state index contributed by atoms with van der Waals surface area (Å²) in [6, 6.07) is 78.2. The van der Waals surface area contributed by atoms with E-state index in [2.05, 4.69) is 222 Å². The van der Waals surface area contributed by atoms with Crippen molar-refractivity contribution in [2.45, 2.75) is 6.17 Å². The number of aromatic nitrogens is 1. The molecule has 11 aromatic rings. The van der Waals surface area contributed by atoms with Gasteiger partial charge in [0.2, 0.25) is 0 Å². The van der Waals surface area contributed by atoms with Crippen LogP contribution in [0.3, 0.4) is 0 Å². The van der Waals surface area contributed by atoms with E-state index >= 15 is 0 Å². The van der Waals surface area contributed by atoms with E-state index < -0.39 is 6.17 Å². The first-order valence-corrected chi connectivity index (χ1v) is 20.9. The zero-order chi connectivity index (χ0) is 40.3. The van der Waals surface area contributed by atoms with Crippen molar-refractivity contribution in [3.63, 3.8) is 0 Å². The Labute approximate surface area is 353 Å². The molecule has 2 heterocycles. The van der Waals surface area contributed by atoms with Gasteiger partial charge in [0.15, 0.2) is 6.17 Å². The lowest BCUT2D eigenvalue weighted by atomic mass is 9.93. The summed E-state index contributed by atoms with van der Waals surface area (Å²) >= 11 is 0. The highest BCUT2D eigenvalue weighted by atomic mass is 15.2. The van der Waals surface area contributed by atoms with Gasteiger partial charge in [0, 0.05) is 33.0 Å². The van der Waals surface area contributed by atoms with E-state index in [4.69, 9.17) is 9.98 Å². The normalized spacial score (nSPS) is 14.1. The van der Waals surface area contributed by atoms with Crippen LogP contribution in [0, 0.1) is 0 Å². The number of benzene rings is 10. The number of aliphatic imine (C=N–C) groups is 2. The summed E-state index contributed by atoms with van der Waals surface area (Å²) in [5.74, 6) is 1.56. The van der Waals surface area contributed by atoms with Crippen molar-refractivity contribution >= 4 is 65.8 Å². The maximum Gasteiger partial charge on any atom is 0.171 e. The second-order valence-electron chi connectivity index (χ2n) is 15.7. The fraction of sp³-hybridized carbons (Fsp3) is 0.0175. The van der Waals surface area contributed by atoms with Crippen molar-refractivity contribution in [1.29, 1.82) is 0 Å². The second-order valence-corrected chi connectivity index (χ2v) is 15.7. The molecule has 0 saturated carbocycles. The Balaban J connectivity index is 1.13. The lowest BCUT2D eigenvalue weighted by Crippen LogP contribution is -2.36. The van der Waals surface area contributed by atoms with Crippen LogP contribution >= 0.6 is 0 Å². The predicted octanol–water partition coefficient (Wildman–Crippen LogP) is 14.1. The molecule has 1 unspecified atom stereocenters. The van der Waals surface area contributed by atoms with Gasteiger partial charge in [0.05, 0.1) is 16.7 Å². The second kappa shape index (κ2) is 14.3. The zero-order valence-corrected chi connectivity index (χ0v) is 33.2. The third-order valence-corrected chi connectivity index (χ3v) is 12.2. The monoisotopic (exact) mass is 778 g/mol. The van der Waals surface area contributed by atoms with Gasteiger partial charge >= 0.3 is 0 Å². The minimum atomic E-state index is -0.560. The molecule has 1 aromatic heterocycles. The molecule has 1 aliphatic rings. The average Bonchev–Trinajstić information content (AvgIpc) is 3.69. The quantitative estimate of drug-likeness (QED) is 0.168. The number of nitrogens with one attached hydrogen (secondary N) is 1. The molecule has 1 N–H and O–H groups in total. The van der Waals surface area contributed by atoms with E-state index in [-0.39, 0.29) is 0 Å². The summed E-state index contributed by atoms with van der Waals surface area (Å²) in [4.78, 5) is 11.0. The van der Waals surface area contributed by atoms with E-state index in [0.717, 1.165) is 56.2 Å². The van der Waals surface area contributed by atoms with E-state index in [9.17, 15) is 0 Å². The number of amidine groups is 2. The standard InChI is InChI=1S/C57H38N4/c1-4-17-37(18-5-1)40-31-34-50(53(36-40)61-52-30-15-14-27-48(52)49-29-16-28-42(54(49)61)38-19-6-2-7-20-38)57-59-55(39-21-8-3-9-22-39)58-56(60-57)41-32-33-47-45-25-11-10-23-43(45)44-24-12-13-26-46(44)51(47)35-41/h1-36,57H,(H,58,59,60). The maximum absolute atomic E-state index is 5.57. The van der Waals surface area contributed by atoms with Gasteiger partial charge in [-0.25, -0.2) is 9.98 Å². The van der Waals surface area contributed by atoms with Crippen LogP contribution in [-0.4, -0.2) is 16.2 Å². The number of nitrogens with zero attached hydrogens (tertiary/aromatic N) is 3. The molecule has 10 aromatic carbocycles. The van der Waals surface area contributed by atoms with Gasteiger partial charge < -0.3 is 9.88 Å². The molecular formula is C57H38N4.